The van der Waals surface area contributed by atoms with E-state index < -0.39 is 9.75 Å². The molecular formula is C10H10BrNO3S. The third-order valence-electron chi connectivity index (χ3n) is 2.01. The molecular weight excluding hydrogens is 294 g/mol. The predicted molar refractivity (Wildman–Crippen MR) is 67.2 cm³/mol. The predicted octanol–water partition coefficient (Wildman–Crippen LogP) is 3.34. The van der Waals surface area contributed by atoms with E-state index in [-0.39, 0.29) is 11.5 Å². The second-order valence-electron chi connectivity index (χ2n) is 3.19. The van der Waals surface area contributed by atoms with Crippen molar-refractivity contribution in [2.24, 2.45) is 0 Å². The van der Waals surface area contributed by atoms with Crippen molar-refractivity contribution in [2.75, 3.05) is 6.26 Å². The lowest BCUT2D eigenvalue weighted by atomic mass is 10.1. The number of non-ortho nitro benzene ring substituents is 1. The Morgan fingerprint density at radius 3 is 2.56 bits per heavy atom. The first-order valence-electron chi connectivity index (χ1n) is 4.43. The van der Waals surface area contributed by atoms with E-state index in [9.17, 15) is 14.9 Å². The Bertz CT molecular complexity index is 436. The maximum atomic E-state index is 11.2. The van der Waals surface area contributed by atoms with E-state index >= 15 is 0 Å². The van der Waals surface area contributed by atoms with Gasteiger partial charge in [-0.1, -0.05) is 15.9 Å². The molecule has 1 aromatic carbocycles. The highest BCUT2D eigenvalue weighted by molar-refractivity contribution is 9.09. The number of nitro benzene ring substituents is 1. The van der Waals surface area contributed by atoms with Crippen LogP contribution in [-0.2, 0) is 4.79 Å². The number of alkyl halides is 1. The summed E-state index contributed by atoms with van der Waals surface area (Å²) in [5, 5.41) is 10.7. The lowest BCUT2D eigenvalue weighted by molar-refractivity contribution is -0.385. The van der Waals surface area contributed by atoms with E-state index in [1.807, 2.05) is 6.26 Å². The number of halogens is 1. The number of carbonyl (C=O) groups excluding carboxylic acids is 1. The largest absolute Gasteiger partial charge is 0.298 e. The lowest BCUT2D eigenvalue weighted by Gasteiger charge is -2.07. The fraction of sp³-hybridized carbons (Fsp3) is 0.300. The first-order chi connectivity index (χ1) is 7.45. The van der Waals surface area contributed by atoms with Crippen molar-refractivity contribution >= 4 is 39.2 Å². The van der Waals surface area contributed by atoms with E-state index in [0.717, 1.165) is 4.90 Å². The molecule has 4 nitrogen and oxygen atoms in total. The highest BCUT2D eigenvalue weighted by atomic mass is 79.9. The van der Waals surface area contributed by atoms with Gasteiger partial charge < -0.3 is 0 Å². The number of rotatable bonds is 4. The van der Waals surface area contributed by atoms with E-state index in [4.69, 9.17) is 0 Å². The monoisotopic (exact) mass is 303 g/mol. The number of nitrogens with zero attached hydrogens (tertiary/aromatic N) is 1. The fourth-order valence-corrected chi connectivity index (χ4v) is 1.97. The second-order valence-corrected chi connectivity index (χ2v) is 4.99. The zero-order valence-electron chi connectivity index (χ0n) is 8.77. The zero-order valence-corrected chi connectivity index (χ0v) is 11.2. The number of ketones is 1. The molecule has 1 unspecified atom stereocenters. The summed E-state index contributed by atoms with van der Waals surface area (Å²) in [6.07, 6.45) is 1.83. The summed E-state index contributed by atoms with van der Waals surface area (Å²) in [7, 11) is 0. The van der Waals surface area contributed by atoms with E-state index in [1.54, 1.807) is 6.07 Å². The maximum Gasteiger partial charge on any atom is 0.270 e. The minimum atomic E-state index is -0.488. The minimum Gasteiger partial charge on any atom is -0.298 e. The van der Waals surface area contributed by atoms with Crippen LogP contribution in [0, 0.1) is 10.1 Å². The number of hydrogen-bond donors (Lipinski definition) is 0. The van der Waals surface area contributed by atoms with Gasteiger partial charge in [0, 0.05) is 17.0 Å². The summed E-state index contributed by atoms with van der Waals surface area (Å²) in [4.78, 5) is 21.7. The van der Waals surface area contributed by atoms with Crippen LogP contribution in [-0.4, -0.2) is 17.0 Å². The number of Topliss-reactive ketones (excluding diaryl/α,β-unsaturated/α-hetero) is 1. The molecule has 0 saturated carbocycles. The van der Waals surface area contributed by atoms with E-state index in [1.165, 1.54) is 30.8 Å². The van der Waals surface area contributed by atoms with Gasteiger partial charge in [-0.05, 0) is 24.8 Å². The molecule has 6 heteroatoms. The van der Waals surface area contributed by atoms with Gasteiger partial charge in [-0.3, -0.25) is 14.9 Å². The average Bonchev–Trinajstić information content (AvgIpc) is 2.27. The Labute approximate surface area is 106 Å². The molecule has 0 bridgehead atoms. The van der Waals surface area contributed by atoms with Gasteiger partial charge in [0.1, 0.15) is 5.78 Å². The maximum absolute atomic E-state index is 11.2. The Balaban J connectivity index is 3.23. The molecule has 1 aromatic rings. The topological polar surface area (TPSA) is 60.2 Å². The minimum absolute atomic E-state index is 0.00699. The molecule has 0 aliphatic carbocycles. The van der Waals surface area contributed by atoms with Crippen LogP contribution < -0.4 is 0 Å². The summed E-state index contributed by atoms with van der Waals surface area (Å²) in [6, 6.07) is 4.69. The Morgan fingerprint density at radius 1 is 1.50 bits per heavy atom. The summed E-state index contributed by atoms with van der Waals surface area (Å²) in [6.45, 7) is 1.44. The van der Waals surface area contributed by atoms with Crippen molar-refractivity contribution in [1.29, 1.82) is 0 Å². The van der Waals surface area contributed by atoms with Gasteiger partial charge in [0.25, 0.3) is 5.69 Å². The summed E-state index contributed by atoms with van der Waals surface area (Å²) in [5.74, 6) is -0.0763. The van der Waals surface area contributed by atoms with Crippen LogP contribution in [0.1, 0.15) is 17.3 Å². The average molecular weight is 304 g/mol. The standard InChI is InChI=1S/C10H10BrNO3S/c1-6(13)10(11)7-3-8(12(14)15)5-9(4-7)16-2/h3-5,10H,1-2H3. The Hall–Kier alpha value is -0.880. The van der Waals surface area contributed by atoms with Crippen molar-refractivity contribution in [2.45, 2.75) is 16.6 Å². The molecule has 16 heavy (non-hydrogen) atoms. The quantitative estimate of drug-likeness (QED) is 0.370. The van der Waals surface area contributed by atoms with Crippen LogP contribution >= 0.6 is 27.7 Å². The molecule has 86 valence electrons. The van der Waals surface area contributed by atoms with Crippen molar-refractivity contribution in [1.82, 2.24) is 0 Å². The SMILES string of the molecule is CSc1cc(C(Br)C(C)=O)cc([N+](=O)[O-])c1. The first kappa shape index (κ1) is 13.2. The molecule has 0 amide bonds. The van der Waals surface area contributed by atoms with Gasteiger partial charge in [-0.15, -0.1) is 11.8 Å². The third kappa shape index (κ3) is 3.05. The number of thioether (sulfide) groups is 1. The molecule has 0 fully saturated rings. The van der Waals surface area contributed by atoms with E-state index in [2.05, 4.69) is 15.9 Å². The third-order valence-corrected chi connectivity index (χ3v) is 3.89. The molecule has 1 atom stereocenters. The fourth-order valence-electron chi connectivity index (χ4n) is 1.21. The summed E-state index contributed by atoms with van der Waals surface area (Å²) >= 11 is 4.62. The Morgan fingerprint density at radius 2 is 2.12 bits per heavy atom. The van der Waals surface area contributed by atoms with Crippen LogP contribution in [0.15, 0.2) is 23.1 Å². The van der Waals surface area contributed by atoms with Crippen molar-refractivity contribution in [3.05, 3.63) is 33.9 Å². The van der Waals surface area contributed by atoms with E-state index in [0.29, 0.717) is 5.56 Å². The molecule has 0 N–H and O–H groups in total. The molecule has 0 heterocycles. The van der Waals surface area contributed by atoms with Crippen molar-refractivity contribution in [3.8, 4) is 0 Å². The first-order valence-corrected chi connectivity index (χ1v) is 6.57. The van der Waals surface area contributed by atoms with Crippen molar-refractivity contribution < 1.29 is 9.72 Å². The van der Waals surface area contributed by atoms with Crippen molar-refractivity contribution in [3.63, 3.8) is 0 Å². The molecule has 0 aliphatic heterocycles. The highest BCUT2D eigenvalue weighted by Crippen LogP contribution is 2.31. The lowest BCUT2D eigenvalue weighted by Crippen LogP contribution is -2.02. The molecule has 0 spiro atoms. The number of benzene rings is 1. The molecule has 0 radical (unpaired) electrons. The number of nitro groups is 1. The smallest absolute Gasteiger partial charge is 0.270 e. The van der Waals surface area contributed by atoms with Gasteiger partial charge in [-0.25, -0.2) is 0 Å². The van der Waals surface area contributed by atoms with Crippen LogP contribution in [0.25, 0.3) is 0 Å². The normalized spacial score (nSPS) is 12.2. The van der Waals surface area contributed by atoms with Gasteiger partial charge in [0.05, 0.1) is 9.75 Å². The summed E-state index contributed by atoms with van der Waals surface area (Å²) < 4.78 is 0. The van der Waals surface area contributed by atoms with Crippen LogP contribution in [0.5, 0.6) is 0 Å². The van der Waals surface area contributed by atoms with Gasteiger partial charge in [-0.2, -0.15) is 0 Å². The van der Waals surface area contributed by atoms with Crippen LogP contribution in [0.2, 0.25) is 0 Å². The highest BCUT2D eigenvalue weighted by Gasteiger charge is 2.17. The zero-order chi connectivity index (χ0) is 12.3. The number of carbonyl (C=O) groups is 1. The van der Waals surface area contributed by atoms with Gasteiger partial charge in [0.2, 0.25) is 0 Å². The van der Waals surface area contributed by atoms with Crippen LogP contribution in [0.3, 0.4) is 0 Å². The van der Waals surface area contributed by atoms with Crippen LogP contribution in [0.4, 0.5) is 5.69 Å². The molecule has 0 aromatic heterocycles. The molecule has 1 rings (SSSR count). The Kier molecular flexibility index (Phi) is 4.49. The second kappa shape index (κ2) is 5.45. The van der Waals surface area contributed by atoms with Gasteiger partial charge >= 0.3 is 0 Å². The number of hydrogen-bond acceptors (Lipinski definition) is 4. The molecule has 0 saturated heterocycles. The summed E-state index contributed by atoms with van der Waals surface area (Å²) in [5.41, 5.74) is 0.624. The molecule has 0 aliphatic rings. The van der Waals surface area contributed by atoms with Gasteiger partial charge in [0.15, 0.2) is 0 Å².